The third kappa shape index (κ3) is 3.31. The summed E-state index contributed by atoms with van der Waals surface area (Å²) < 4.78 is 3.86. The summed E-state index contributed by atoms with van der Waals surface area (Å²) in [4.78, 5) is 14.3. The van der Waals surface area contributed by atoms with E-state index in [-0.39, 0.29) is 5.69 Å². The zero-order valence-electron chi connectivity index (χ0n) is 15.0. The Bertz CT molecular complexity index is 728. The Kier molecular flexibility index (Phi) is 5.18. The number of aromatic nitrogens is 5. The highest BCUT2D eigenvalue weighted by molar-refractivity contribution is 5.16. The van der Waals surface area contributed by atoms with Crippen molar-refractivity contribution in [3.05, 3.63) is 33.8 Å². The third-order valence-electron chi connectivity index (χ3n) is 5.01. The Balaban J connectivity index is 1.71. The lowest BCUT2D eigenvalue weighted by molar-refractivity contribution is 0.194. The van der Waals surface area contributed by atoms with Gasteiger partial charge in [0, 0.05) is 43.4 Å². The van der Waals surface area contributed by atoms with Gasteiger partial charge in [-0.1, -0.05) is 6.92 Å². The number of hydrogen-bond acceptors (Lipinski definition) is 4. The number of H-pyrrole nitrogens is 1. The zero-order chi connectivity index (χ0) is 17.1. The SMILES string of the molecule is CCCn1ncc(CN2CCC[C@H](c3n[nH]c(=O)n3CC)C2)c1C. The zero-order valence-corrected chi connectivity index (χ0v) is 15.0. The molecule has 2 aromatic heterocycles. The van der Waals surface area contributed by atoms with Crippen molar-refractivity contribution in [3.63, 3.8) is 0 Å². The normalized spacial score (nSPS) is 19.0. The maximum atomic E-state index is 11.8. The maximum Gasteiger partial charge on any atom is 0.343 e. The van der Waals surface area contributed by atoms with E-state index in [1.54, 1.807) is 4.57 Å². The van der Waals surface area contributed by atoms with Crippen molar-refractivity contribution in [1.82, 2.24) is 29.4 Å². The average molecular weight is 332 g/mol. The number of aromatic amines is 1. The van der Waals surface area contributed by atoms with Gasteiger partial charge in [0.15, 0.2) is 0 Å². The highest BCUT2D eigenvalue weighted by Gasteiger charge is 2.26. The first-order valence-corrected chi connectivity index (χ1v) is 9.02. The predicted molar refractivity (Wildman–Crippen MR) is 93.0 cm³/mol. The fourth-order valence-electron chi connectivity index (χ4n) is 3.68. The van der Waals surface area contributed by atoms with Gasteiger partial charge in [0.25, 0.3) is 0 Å². The second kappa shape index (κ2) is 7.34. The molecule has 3 heterocycles. The standard InChI is InChI=1S/C17H28N6O/c1-4-8-23-13(3)15(10-18-23)12-21-9-6-7-14(11-21)16-19-20-17(24)22(16)5-2/h10,14H,4-9,11-12H2,1-3H3,(H,20,24)/t14-/m0/s1. The van der Waals surface area contributed by atoms with Crippen molar-refractivity contribution >= 4 is 0 Å². The van der Waals surface area contributed by atoms with Gasteiger partial charge in [0.1, 0.15) is 5.82 Å². The summed E-state index contributed by atoms with van der Waals surface area (Å²) in [7, 11) is 0. The first-order valence-electron chi connectivity index (χ1n) is 9.02. The van der Waals surface area contributed by atoms with E-state index in [2.05, 4.69) is 38.7 Å². The topological polar surface area (TPSA) is 71.7 Å². The first-order chi connectivity index (χ1) is 11.6. The summed E-state index contributed by atoms with van der Waals surface area (Å²) in [5.74, 6) is 1.23. The molecule has 0 amide bonds. The summed E-state index contributed by atoms with van der Waals surface area (Å²) >= 11 is 0. The second-order valence-electron chi connectivity index (χ2n) is 6.68. The molecule has 0 saturated carbocycles. The van der Waals surface area contributed by atoms with Gasteiger partial charge in [0.2, 0.25) is 0 Å². The quantitative estimate of drug-likeness (QED) is 0.877. The summed E-state index contributed by atoms with van der Waals surface area (Å²) in [5, 5.41) is 11.4. The highest BCUT2D eigenvalue weighted by atomic mass is 16.1. The molecule has 7 nitrogen and oxygen atoms in total. The summed E-state index contributed by atoms with van der Waals surface area (Å²) in [5.41, 5.74) is 2.48. The number of aryl methyl sites for hydroxylation is 1. The third-order valence-corrected chi connectivity index (χ3v) is 5.01. The number of hydrogen-bond donors (Lipinski definition) is 1. The van der Waals surface area contributed by atoms with E-state index in [9.17, 15) is 4.79 Å². The number of piperidine rings is 1. The van der Waals surface area contributed by atoms with Gasteiger partial charge in [-0.05, 0) is 39.7 Å². The van der Waals surface area contributed by atoms with Gasteiger partial charge in [0.05, 0.1) is 6.20 Å². The number of nitrogens with one attached hydrogen (secondary N) is 1. The second-order valence-corrected chi connectivity index (χ2v) is 6.68. The molecule has 24 heavy (non-hydrogen) atoms. The van der Waals surface area contributed by atoms with Crippen LogP contribution in [0.5, 0.6) is 0 Å². The van der Waals surface area contributed by atoms with Crippen LogP contribution in [0.4, 0.5) is 0 Å². The molecule has 1 aliphatic heterocycles. The molecule has 0 spiro atoms. The number of nitrogens with zero attached hydrogens (tertiary/aromatic N) is 5. The minimum absolute atomic E-state index is 0.0960. The molecule has 1 aliphatic rings. The molecule has 132 valence electrons. The highest BCUT2D eigenvalue weighted by Crippen LogP contribution is 2.26. The summed E-state index contributed by atoms with van der Waals surface area (Å²) in [6.07, 6.45) is 5.33. The van der Waals surface area contributed by atoms with Gasteiger partial charge < -0.3 is 0 Å². The van der Waals surface area contributed by atoms with Crippen molar-refractivity contribution in [2.45, 2.75) is 65.6 Å². The molecular weight excluding hydrogens is 304 g/mol. The van der Waals surface area contributed by atoms with Crippen LogP contribution < -0.4 is 5.69 Å². The van der Waals surface area contributed by atoms with Crippen LogP contribution in [0.2, 0.25) is 0 Å². The Hall–Kier alpha value is -1.89. The molecule has 1 saturated heterocycles. The molecule has 2 aromatic rings. The monoisotopic (exact) mass is 332 g/mol. The average Bonchev–Trinajstić information content (AvgIpc) is 3.12. The molecular formula is C17H28N6O. The number of likely N-dealkylation sites (tertiary alicyclic amines) is 1. The molecule has 7 heteroatoms. The van der Waals surface area contributed by atoms with Crippen LogP contribution in [0.3, 0.4) is 0 Å². The Morgan fingerprint density at radius 2 is 2.21 bits per heavy atom. The van der Waals surface area contributed by atoms with Crippen molar-refractivity contribution in [3.8, 4) is 0 Å². The maximum absolute atomic E-state index is 11.8. The van der Waals surface area contributed by atoms with Gasteiger partial charge in [-0.15, -0.1) is 0 Å². The molecule has 0 unspecified atom stereocenters. The van der Waals surface area contributed by atoms with Crippen LogP contribution in [0.15, 0.2) is 11.0 Å². The fraction of sp³-hybridized carbons (Fsp3) is 0.706. The van der Waals surface area contributed by atoms with E-state index in [0.29, 0.717) is 12.5 Å². The molecule has 0 bridgehead atoms. The van der Waals surface area contributed by atoms with Crippen molar-refractivity contribution in [1.29, 1.82) is 0 Å². The Morgan fingerprint density at radius 1 is 1.38 bits per heavy atom. The van der Waals surface area contributed by atoms with E-state index >= 15 is 0 Å². The minimum Gasteiger partial charge on any atom is -0.298 e. The van der Waals surface area contributed by atoms with E-state index in [1.807, 2.05) is 13.1 Å². The molecule has 0 radical (unpaired) electrons. The van der Waals surface area contributed by atoms with Crippen molar-refractivity contribution < 1.29 is 0 Å². The fourth-order valence-corrected chi connectivity index (χ4v) is 3.68. The van der Waals surface area contributed by atoms with Crippen molar-refractivity contribution in [2.75, 3.05) is 13.1 Å². The largest absolute Gasteiger partial charge is 0.343 e. The molecule has 1 N–H and O–H groups in total. The van der Waals surface area contributed by atoms with Crippen molar-refractivity contribution in [2.24, 2.45) is 0 Å². The van der Waals surface area contributed by atoms with E-state index in [1.165, 1.54) is 11.3 Å². The lowest BCUT2D eigenvalue weighted by Crippen LogP contribution is -2.35. The molecule has 1 atom stereocenters. The van der Waals surface area contributed by atoms with E-state index in [0.717, 1.165) is 51.3 Å². The minimum atomic E-state index is -0.0960. The molecule has 3 rings (SSSR count). The Morgan fingerprint density at radius 3 is 2.96 bits per heavy atom. The Labute approximate surface area is 142 Å². The van der Waals surface area contributed by atoms with Crippen LogP contribution in [-0.4, -0.2) is 42.5 Å². The van der Waals surface area contributed by atoms with Crippen LogP contribution in [0, 0.1) is 6.92 Å². The molecule has 1 fully saturated rings. The van der Waals surface area contributed by atoms with Crippen LogP contribution in [-0.2, 0) is 19.6 Å². The smallest absolute Gasteiger partial charge is 0.298 e. The summed E-state index contributed by atoms with van der Waals surface area (Å²) in [6.45, 7) is 10.9. The molecule has 0 aliphatic carbocycles. The van der Waals surface area contributed by atoms with Crippen LogP contribution >= 0.6 is 0 Å². The van der Waals surface area contributed by atoms with Gasteiger partial charge >= 0.3 is 5.69 Å². The van der Waals surface area contributed by atoms with E-state index < -0.39 is 0 Å². The van der Waals surface area contributed by atoms with Gasteiger partial charge in [-0.3, -0.25) is 14.1 Å². The lowest BCUT2D eigenvalue weighted by atomic mass is 9.96. The van der Waals surface area contributed by atoms with E-state index in [4.69, 9.17) is 0 Å². The predicted octanol–water partition coefficient (Wildman–Crippen LogP) is 1.89. The van der Waals surface area contributed by atoms with Gasteiger partial charge in [-0.2, -0.15) is 10.2 Å². The van der Waals surface area contributed by atoms with Gasteiger partial charge in [-0.25, -0.2) is 9.89 Å². The lowest BCUT2D eigenvalue weighted by Gasteiger charge is -2.32. The molecule has 0 aromatic carbocycles. The van der Waals surface area contributed by atoms with Crippen LogP contribution in [0.1, 0.15) is 56.1 Å². The van der Waals surface area contributed by atoms with Crippen LogP contribution in [0.25, 0.3) is 0 Å². The summed E-state index contributed by atoms with van der Waals surface area (Å²) in [6, 6.07) is 0. The first kappa shape index (κ1) is 17.0. The number of rotatable bonds is 6.